The number of hydrogen-bond donors (Lipinski definition) is 1. The number of hydrogen-bond acceptors (Lipinski definition) is 5. The second-order valence-corrected chi connectivity index (χ2v) is 6.45. The number of methoxy groups -OCH3 is 1. The quantitative estimate of drug-likeness (QED) is 0.688. The molecule has 3 rings (SSSR count). The van der Waals surface area contributed by atoms with Gasteiger partial charge in [0.1, 0.15) is 11.0 Å². The fourth-order valence-corrected chi connectivity index (χ4v) is 3.46. The van der Waals surface area contributed by atoms with Crippen molar-refractivity contribution in [2.24, 2.45) is 12.8 Å². The van der Waals surface area contributed by atoms with Gasteiger partial charge in [-0.25, -0.2) is 0 Å². The van der Waals surface area contributed by atoms with Crippen molar-refractivity contribution in [3.05, 3.63) is 60.2 Å². The van der Waals surface area contributed by atoms with Gasteiger partial charge in [-0.3, -0.25) is 4.79 Å². The summed E-state index contributed by atoms with van der Waals surface area (Å²) in [6.45, 7) is 0. The molecule has 0 bridgehead atoms. The SMILES string of the molecule is COc1ccccc1-c1nnc(SC(C(N)=O)c2ccccc2)n1C. The van der Waals surface area contributed by atoms with Crippen molar-refractivity contribution in [3.63, 3.8) is 0 Å². The number of benzene rings is 2. The van der Waals surface area contributed by atoms with Crippen LogP contribution < -0.4 is 10.5 Å². The van der Waals surface area contributed by atoms with Crippen LogP contribution >= 0.6 is 11.8 Å². The summed E-state index contributed by atoms with van der Waals surface area (Å²) in [7, 11) is 3.47. The number of para-hydroxylation sites is 1. The highest BCUT2D eigenvalue weighted by Gasteiger charge is 2.23. The molecule has 0 aliphatic heterocycles. The van der Waals surface area contributed by atoms with Crippen LogP contribution in [0.4, 0.5) is 0 Å². The first-order chi connectivity index (χ1) is 12.1. The second-order valence-electron chi connectivity index (χ2n) is 5.38. The maximum atomic E-state index is 11.9. The van der Waals surface area contributed by atoms with E-state index >= 15 is 0 Å². The Morgan fingerprint density at radius 1 is 1.12 bits per heavy atom. The smallest absolute Gasteiger partial charge is 0.235 e. The third-order valence-corrected chi connectivity index (χ3v) is 5.07. The molecule has 3 aromatic rings. The number of aromatic nitrogens is 3. The van der Waals surface area contributed by atoms with Crippen molar-refractivity contribution in [3.8, 4) is 17.1 Å². The Bertz CT molecular complexity index is 880. The molecule has 1 aromatic heterocycles. The Morgan fingerprint density at radius 2 is 1.80 bits per heavy atom. The van der Waals surface area contributed by atoms with Gasteiger partial charge in [0.05, 0.1) is 12.7 Å². The molecule has 0 fully saturated rings. The number of nitrogens with zero attached hydrogens (tertiary/aromatic N) is 3. The van der Waals surface area contributed by atoms with Gasteiger partial charge in [0.15, 0.2) is 11.0 Å². The number of amides is 1. The minimum Gasteiger partial charge on any atom is -0.496 e. The summed E-state index contributed by atoms with van der Waals surface area (Å²) in [5, 5.41) is 8.56. The average Bonchev–Trinajstić information content (AvgIpc) is 3.00. The molecule has 1 atom stereocenters. The van der Waals surface area contributed by atoms with Crippen molar-refractivity contribution in [1.29, 1.82) is 0 Å². The highest BCUT2D eigenvalue weighted by molar-refractivity contribution is 8.00. The van der Waals surface area contributed by atoms with E-state index in [0.29, 0.717) is 16.7 Å². The van der Waals surface area contributed by atoms with Crippen molar-refractivity contribution >= 4 is 17.7 Å². The minimum absolute atomic E-state index is 0.418. The summed E-state index contributed by atoms with van der Waals surface area (Å²) in [5.74, 6) is 0.957. The zero-order valence-corrected chi connectivity index (χ0v) is 14.7. The third-order valence-electron chi connectivity index (χ3n) is 3.77. The Morgan fingerprint density at radius 3 is 2.48 bits per heavy atom. The van der Waals surface area contributed by atoms with E-state index in [1.807, 2.05) is 66.2 Å². The van der Waals surface area contributed by atoms with E-state index in [1.54, 1.807) is 7.11 Å². The maximum absolute atomic E-state index is 11.9. The van der Waals surface area contributed by atoms with Gasteiger partial charge in [-0.15, -0.1) is 10.2 Å². The molecule has 7 heteroatoms. The maximum Gasteiger partial charge on any atom is 0.235 e. The van der Waals surface area contributed by atoms with Gasteiger partial charge >= 0.3 is 0 Å². The molecule has 0 aliphatic carbocycles. The fraction of sp³-hybridized carbons (Fsp3) is 0.167. The van der Waals surface area contributed by atoms with Crippen LogP contribution in [0.15, 0.2) is 59.8 Å². The second kappa shape index (κ2) is 7.40. The van der Waals surface area contributed by atoms with Crippen molar-refractivity contribution in [2.75, 3.05) is 7.11 Å². The first-order valence-corrected chi connectivity index (χ1v) is 8.53. The van der Waals surface area contributed by atoms with Gasteiger partial charge in [0.25, 0.3) is 0 Å². The van der Waals surface area contributed by atoms with Crippen LogP contribution in [0.2, 0.25) is 0 Å². The lowest BCUT2D eigenvalue weighted by atomic mass is 10.1. The largest absolute Gasteiger partial charge is 0.496 e. The normalized spacial score (nSPS) is 11.9. The monoisotopic (exact) mass is 354 g/mol. The van der Waals surface area contributed by atoms with Gasteiger partial charge in [-0.1, -0.05) is 54.2 Å². The summed E-state index contributed by atoms with van der Waals surface area (Å²) in [5.41, 5.74) is 7.26. The van der Waals surface area contributed by atoms with Gasteiger partial charge in [0, 0.05) is 7.05 Å². The van der Waals surface area contributed by atoms with Gasteiger partial charge in [-0.05, 0) is 17.7 Å². The fourth-order valence-electron chi connectivity index (χ4n) is 2.51. The number of thioether (sulfide) groups is 1. The lowest BCUT2D eigenvalue weighted by Gasteiger charge is -2.13. The summed E-state index contributed by atoms with van der Waals surface area (Å²) in [6, 6.07) is 17.0. The number of carbonyl (C=O) groups is 1. The molecule has 25 heavy (non-hydrogen) atoms. The van der Waals surface area contributed by atoms with Crippen LogP contribution in [0, 0.1) is 0 Å². The highest BCUT2D eigenvalue weighted by atomic mass is 32.2. The molecule has 0 saturated heterocycles. The Balaban J connectivity index is 1.94. The van der Waals surface area contributed by atoms with E-state index in [4.69, 9.17) is 10.5 Å². The minimum atomic E-state index is -0.533. The molecular weight excluding hydrogens is 336 g/mol. The zero-order valence-electron chi connectivity index (χ0n) is 13.9. The summed E-state index contributed by atoms with van der Waals surface area (Å²) in [4.78, 5) is 11.9. The van der Waals surface area contributed by atoms with Gasteiger partial charge < -0.3 is 15.0 Å². The number of rotatable bonds is 6. The molecule has 2 aromatic carbocycles. The van der Waals surface area contributed by atoms with E-state index in [2.05, 4.69) is 10.2 Å². The Kier molecular flexibility index (Phi) is 5.04. The molecule has 0 saturated carbocycles. The zero-order chi connectivity index (χ0) is 17.8. The predicted molar refractivity (Wildman–Crippen MR) is 97.2 cm³/mol. The first-order valence-electron chi connectivity index (χ1n) is 7.65. The van der Waals surface area contributed by atoms with Crippen LogP contribution in [-0.2, 0) is 11.8 Å². The highest BCUT2D eigenvalue weighted by Crippen LogP contribution is 2.36. The lowest BCUT2D eigenvalue weighted by molar-refractivity contribution is -0.117. The predicted octanol–water partition coefficient (Wildman–Crippen LogP) is 2.81. The van der Waals surface area contributed by atoms with Crippen LogP contribution in [0.5, 0.6) is 5.75 Å². The number of ether oxygens (including phenoxy) is 1. The third kappa shape index (κ3) is 3.51. The Labute approximate surface area is 150 Å². The molecule has 0 spiro atoms. The van der Waals surface area contributed by atoms with Crippen LogP contribution in [0.25, 0.3) is 11.4 Å². The summed E-state index contributed by atoms with van der Waals surface area (Å²) in [6.07, 6.45) is 0. The topological polar surface area (TPSA) is 83.0 Å². The molecule has 2 N–H and O–H groups in total. The molecule has 1 amide bonds. The van der Waals surface area contributed by atoms with Crippen LogP contribution in [-0.4, -0.2) is 27.8 Å². The van der Waals surface area contributed by atoms with E-state index < -0.39 is 11.2 Å². The van der Waals surface area contributed by atoms with E-state index in [1.165, 1.54) is 11.8 Å². The molecule has 6 nitrogen and oxygen atoms in total. The van der Waals surface area contributed by atoms with Crippen molar-refractivity contribution in [2.45, 2.75) is 10.4 Å². The molecule has 0 radical (unpaired) electrons. The number of carbonyl (C=O) groups excluding carboxylic acids is 1. The van der Waals surface area contributed by atoms with Crippen LogP contribution in [0.3, 0.4) is 0 Å². The number of nitrogens with two attached hydrogens (primary N) is 1. The Hall–Kier alpha value is -2.80. The van der Waals surface area contributed by atoms with E-state index in [-0.39, 0.29) is 0 Å². The summed E-state index contributed by atoms with van der Waals surface area (Å²) < 4.78 is 7.23. The van der Waals surface area contributed by atoms with Crippen molar-refractivity contribution in [1.82, 2.24) is 14.8 Å². The van der Waals surface area contributed by atoms with E-state index in [0.717, 1.165) is 11.1 Å². The van der Waals surface area contributed by atoms with Crippen LogP contribution in [0.1, 0.15) is 10.8 Å². The number of primary amides is 1. The molecule has 0 aliphatic rings. The van der Waals surface area contributed by atoms with Crippen molar-refractivity contribution < 1.29 is 9.53 Å². The first kappa shape index (κ1) is 17.0. The molecule has 1 heterocycles. The van der Waals surface area contributed by atoms with Gasteiger partial charge in [0.2, 0.25) is 5.91 Å². The summed E-state index contributed by atoms with van der Waals surface area (Å²) >= 11 is 1.28. The van der Waals surface area contributed by atoms with Gasteiger partial charge in [-0.2, -0.15) is 0 Å². The molecular formula is C18H18N4O2S. The lowest BCUT2D eigenvalue weighted by Crippen LogP contribution is -2.19. The van der Waals surface area contributed by atoms with E-state index in [9.17, 15) is 4.79 Å². The molecule has 128 valence electrons. The molecule has 1 unspecified atom stereocenters. The average molecular weight is 354 g/mol. The standard InChI is InChI=1S/C18H18N4O2S/c1-22-17(13-10-6-7-11-14(13)24-2)20-21-18(22)25-15(16(19)23)12-8-4-3-5-9-12/h3-11,15H,1-2H3,(H2,19,23).